The van der Waals surface area contributed by atoms with Crippen LogP contribution < -0.4 is 4.74 Å². The van der Waals surface area contributed by atoms with E-state index in [0.29, 0.717) is 60.3 Å². The standard InChI is InChI=1S/C29H29F3O2/c1-3-16-34-23-12-13-24(27(30)17-23)20-8-10-22(11-9-20)26-15-14-25(28(31)29(26)32)21-6-4-19(5-7-21)18(2)33/h3-7,12-15,17-18,20,22,33H,1,8-11,16H2,2H3. The monoisotopic (exact) mass is 466 g/mol. The van der Waals surface area contributed by atoms with E-state index in [-0.39, 0.29) is 23.2 Å². The molecule has 0 saturated heterocycles. The van der Waals surface area contributed by atoms with Gasteiger partial charge in [0, 0.05) is 11.6 Å². The Morgan fingerprint density at radius 2 is 1.53 bits per heavy atom. The number of hydrogen-bond acceptors (Lipinski definition) is 2. The van der Waals surface area contributed by atoms with E-state index in [4.69, 9.17) is 4.74 Å². The Bertz CT molecular complexity index is 1150. The first-order valence-electron chi connectivity index (χ1n) is 11.7. The molecule has 0 amide bonds. The van der Waals surface area contributed by atoms with Crippen LogP contribution in [0, 0.1) is 17.5 Å². The summed E-state index contributed by atoms with van der Waals surface area (Å²) in [5.41, 5.74) is 2.51. The first-order chi connectivity index (χ1) is 16.4. The van der Waals surface area contributed by atoms with E-state index in [9.17, 15) is 13.9 Å². The summed E-state index contributed by atoms with van der Waals surface area (Å²) in [6, 6.07) is 15.0. The predicted molar refractivity (Wildman–Crippen MR) is 128 cm³/mol. The largest absolute Gasteiger partial charge is 0.489 e. The maximum absolute atomic E-state index is 15.1. The summed E-state index contributed by atoms with van der Waals surface area (Å²) in [5.74, 6) is -1.55. The van der Waals surface area contributed by atoms with Crippen molar-refractivity contribution in [3.05, 3.63) is 101 Å². The third-order valence-electron chi connectivity index (χ3n) is 6.76. The fourth-order valence-electron chi connectivity index (χ4n) is 4.84. The Balaban J connectivity index is 1.46. The lowest BCUT2D eigenvalue weighted by Crippen LogP contribution is -2.15. The zero-order valence-electron chi connectivity index (χ0n) is 19.2. The number of hydrogen-bond donors (Lipinski definition) is 1. The maximum atomic E-state index is 15.1. The summed E-state index contributed by atoms with van der Waals surface area (Å²) in [7, 11) is 0. The predicted octanol–water partition coefficient (Wildman–Crippen LogP) is 7.83. The summed E-state index contributed by atoms with van der Waals surface area (Å²) >= 11 is 0. The molecule has 1 aliphatic rings. The molecule has 0 aromatic heterocycles. The normalized spacial score (nSPS) is 19.0. The van der Waals surface area contributed by atoms with Crippen LogP contribution >= 0.6 is 0 Å². The minimum Gasteiger partial charge on any atom is -0.489 e. The fourth-order valence-corrected chi connectivity index (χ4v) is 4.84. The molecule has 178 valence electrons. The number of halogens is 3. The highest BCUT2D eigenvalue weighted by Gasteiger charge is 2.28. The second-order valence-electron chi connectivity index (χ2n) is 8.96. The van der Waals surface area contributed by atoms with Crippen LogP contribution in [0.15, 0.2) is 67.3 Å². The SMILES string of the molecule is C=CCOc1ccc(C2CCC(c3ccc(-c4ccc(C(C)O)cc4)c(F)c3F)CC2)c(F)c1. The van der Waals surface area contributed by atoms with Gasteiger partial charge in [-0.3, -0.25) is 0 Å². The molecule has 3 aromatic carbocycles. The topological polar surface area (TPSA) is 29.5 Å². The number of aliphatic hydroxyl groups excluding tert-OH is 1. The fraction of sp³-hybridized carbons (Fsp3) is 0.310. The number of aliphatic hydroxyl groups is 1. The van der Waals surface area contributed by atoms with Gasteiger partial charge in [0.05, 0.1) is 6.10 Å². The van der Waals surface area contributed by atoms with Gasteiger partial charge in [0.1, 0.15) is 18.2 Å². The maximum Gasteiger partial charge on any atom is 0.166 e. The van der Waals surface area contributed by atoms with E-state index < -0.39 is 17.7 Å². The summed E-state index contributed by atoms with van der Waals surface area (Å²) in [4.78, 5) is 0. The highest BCUT2D eigenvalue weighted by molar-refractivity contribution is 5.65. The average molecular weight is 467 g/mol. The molecule has 1 aliphatic carbocycles. The minimum atomic E-state index is -0.856. The van der Waals surface area contributed by atoms with Crippen LogP contribution in [0.3, 0.4) is 0 Å². The molecule has 0 spiro atoms. The second kappa shape index (κ2) is 10.5. The third kappa shape index (κ3) is 5.05. The van der Waals surface area contributed by atoms with Gasteiger partial charge in [-0.25, -0.2) is 13.2 Å². The molecule has 0 heterocycles. The lowest BCUT2D eigenvalue weighted by molar-refractivity contribution is 0.199. The second-order valence-corrected chi connectivity index (χ2v) is 8.96. The van der Waals surface area contributed by atoms with Crippen LogP contribution in [0.25, 0.3) is 11.1 Å². The average Bonchev–Trinajstić information content (AvgIpc) is 2.85. The lowest BCUT2D eigenvalue weighted by atomic mass is 9.75. The van der Waals surface area contributed by atoms with E-state index in [2.05, 4.69) is 6.58 Å². The Labute approximate surface area is 198 Å². The quantitative estimate of drug-likeness (QED) is 0.360. The summed E-state index contributed by atoms with van der Waals surface area (Å²) in [6.07, 6.45) is 3.73. The van der Waals surface area contributed by atoms with Crippen molar-refractivity contribution in [3.8, 4) is 16.9 Å². The molecule has 3 aromatic rings. The zero-order valence-corrected chi connectivity index (χ0v) is 19.2. The molecule has 0 aliphatic heterocycles. The van der Waals surface area contributed by atoms with Gasteiger partial charge >= 0.3 is 0 Å². The van der Waals surface area contributed by atoms with Crippen molar-refractivity contribution in [1.82, 2.24) is 0 Å². The molecule has 34 heavy (non-hydrogen) atoms. The lowest BCUT2D eigenvalue weighted by Gasteiger charge is -2.30. The van der Waals surface area contributed by atoms with Crippen molar-refractivity contribution in [2.24, 2.45) is 0 Å². The van der Waals surface area contributed by atoms with Gasteiger partial charge < -0.3 is 9.84 Å². The van der Waals surface area contributed by atoms with E-state index in [1.165, 1.54) is 6.07 Å². The Hall–Kier alpha value is -3.05. The Morgan fingerprint density at radius 3 is 2.12 bits per heavy atom. The van der Waals surface area contributed by atoms with Gasteiger partial charge in [0.2, 0.25) is 0 Å². The minimum absolute atomic E-state index is 0.0457. The highest BCUT2D eigenvalue weighted by Crippen LogP contribution is 2.43. The molecule has 5 heteroatoms. The van der Waals surface area contributed by atoms with Crippen LogP contribution in [-0.4, -0.2) is 11.7 Å². The first-order valence-corrected chi connectivity index (χ1v) is 11.7. The van der Waals surface area contributed by atoms with Gasteiger partial charge in [0.15, 0.2) is 11.6 Å². The molecule has 2 nitrogen and oxygen atoms in total. The van der Waals surface area contributed by atoms with Crippen LogP contribution in [0.2, 0.25) is 0 Å². The van der Waals surface area contributed by atoms with Gasteiger partial charge in [-0.1, -0.05) is 55.1 Å². The van der Waals surface area contributed by atoms with Crippen LogP contribution in [0.1, 0.15) is 67.2 Å². The van der Waals surface area contributed by atoms with Crippen molar-refractivity contribution >= 4 is 0 Å². The van der Waals surface area contributed by atoms with Gasteiger partial charge in [-0.05, 0) is 72.8 Å². The molecule has 4 rings (SSSR count). The number of ether oxygens (including phenoxy) is 1. The van der Waals surface area contributed by atoms with Crippen molar-refractivity contribution in [2.75, 3.05) is 6.61 Å². The van der Waals surface area contributed by atoms with E-state index in [0.717, 1.165) is 0 Å². The van der Waals surface area contributed by atoms with E-state index in [1.807, 2.05) is 0 Å². The zero-order chi connectivity index (χ0) is 24.2. The summed E-state index contributed by atoms with van der Waals surface area (Å²) in [5, 5.41) is 9.65. The molecule has 1 fully saturated rings. The summed E-state index contributed by atoms with van der Waals surface area (Å²) < 4.78 is 50.1. The molecule has 1 saturated carbocycles. The Morgan fingerprint density at radius 1 is 0.912 bits per heavy atom. The van der Waals surface area contributed by atoms with Crippen LogP contribution in [-0.2, 0) is 0 Å². The number of rotatable bonds is 7. The highest BCUT2D eigenvalue weighted by atomic mass is 19.2. The van der Waals surface area contributed by atoms with E-state index >= 15 is 4.39 Å². The Kier molecular flexibility index (Phi) is 7.42. The smallest absolute Gasteiger partial charge is 0.166 e. The van der Waals surface area contributed by atoms with Crippen molar-refractivity contribution < 1.29 is 23.0 Å². The number of benzene rings is 3. The molecule has 1 N–H and O–H groups in total. The van der Waals surface area contributed by atoms with Gasteiger partial charge in [-0.15, -0.1) is 0 Å². The van der Waals surface area contributed by atoms with E-state index in [1.54, 1.807) is 61.5 Å². The summed E-state index contributed by atoms with van der Waals surface area (Å²) in [6.45, 7) is 5.56. The molecule has 0 radical (unpaired) electrons. The molecule has 1 unspecified atom stereocenters. The van der Waals surface area contributed by atoms with Crippen LogP contribution in [0.5, 0.6) is 5.75 Å². The van der Waals surface area contributed by atoms with Gasteiger partial charge in [0.25, 0.3) is 0 Å². The third-order valence-corrected chi connectivity index (χ3v) is 6.76. The van der Waals surface area contributed by atoms with Crippen molar-refractivity contribution in [1.29, 1.82) is 0 Å². The molecular weight excluding hydrogens is 437 g/mol. The molecular formula is C29H29F3O2. The van der Waals surface area contributed by atoms with Crippen molar-refractivity contribution in [3.63, 3.8) is 0 Å². The van der Waals surface area contributed by atoms with Gasteiger partial charge in [-0.2, -0.15) is 0 Å². The molecule has 1 atom stereocenters. The first kappa shape index (κ1) is 24.1. The van der Waals surface area contributed by atoms with Crippen molar-refractivity contribution in [2.45, 2.75) is 50.5 Å². The van der Waals surface area contributed by atoms with Crippen LogP contribution in [0.4, 0.5) is 13.2 Å². The molecule has 0 bridgehead atoms.